The van der Waals surface area contributed by atoms with Crippen molar-refractivity contribution < 1.29 is 27.9 Å². The molecule has 0 saturated carbocycles. The van der Waals surface area contributed by atoms with E-state index < -0.39 is 23.5 Å². The first-order valence-electron chi connectivity index (χ1n) is 7.12. The number of carbonyl (C=O) groups is 2. The number of rotatable bonds is 4. The molecule has 0 aliphatic carbocycles. The minimum Gasteiger partial charge on any atom is -0.478 e. The Kier molecular flexibility index (Phi) is 5.93. The average Bonchev–Trinajstić information content (AvgIpc) is 2.49. The molecule has 2 rings (SSSR count). The van der Waals surface area contributed by atoms with Crippen molar-refractivity contribution in [2.75, 3.05) is 0 Å². The number of benzene rings is 2. The lowest BCUT2D eigenvalue weighted by molar-refractivity contribution is -0.0689. The van der Waals surface area contributed by atoms with Gasteiger partial charge < -0.3 is 5.11 Å². The van der Waals surface area contributed by atoms with Crippen LogP contribution in [0.3, 0.4) is 0 Å². The number of alkyl halides is 3. The lowest BCUT2D eigenvalue weighted by Crippen LogP contribution is -2.13. The third kappa shape index (κ3) is 4.74. The van der Waals surface area contributed by atoms with Gasteiger partial charge in [0, 0.05) is 15.1 Å². The number of carbonyl (C=O) groups excluding carboxylic acids is 1. The van der Waals surface area contributed by atoms with Gasteiger partial charge in [0.2, 0.25) is 0 Å². The van der Waals surface area contributed by atoms with Crippen LogP contribution in [0.1, 0.15) is 31.8 Å². The van der Waals surface area contributed by atoms with E-state index in [0.717, 1.165) is 6.07 Å². The van der Waals surface area contributed by atoms with Crippen LogP contribution < -0.4 is 0 Å². The number of aryl methyl sites for hydroxylation is 1. The van der Waals surface area contributed by atoms with Crippen LogP contribution in [-0.4, -0.2) is 23.0 Å². The molecule has 0 amide bonds. The molecule has 0 fully saturated rings. The minimum atomic E-state index is -4.78. The number of halogens is 5. The SMILES string of the molecule is Cc1cc(C(=O)/C=C(/c2cc(Cl)cc(Br)c2)C(F)(F)F)ccc1C(=O)O. The smallest absolute Gasteiger partial charge is 0.417 e. The molecule has 0 spiro atoms. The molecule has 2 aromatic carbocycles. The fraction of sp³-hybridized carbons (Fsp3) is 0.111. The van der Waals surface area contributed by atoms with Gasteiger partial charge in [-0.1, -0.05) is 33.6 Å². The summed E-state index contributed by atoms with van der Waals surface area (Å²) in [6.07, 6.45) is -4.30. The van der Waals surface area contributed by atoms with Gasteiger partial charge in [-0.15, -0.1) is 0 Å². The molecule has 0 atom stereocenters. The number of hydrogen-bond acceptors (Lipinski definition) is 2. The molecule has 0 aromatic heterocycles. The predicted molar refractivity (Wildman–Crippen MR) is 95.7 cm³/mol. The van der Waals surface area contributed by atoms with Crippen LogP contribution in [-0.2, 0) is 0 Å². The fourth-order valence-electron chi connectivity index (χ4n) is 2.31. The van der Waals surface area contributed by atoms with Gasteiger partial charge in [0.1, 0.15) is 0 Å². The number of hydrogen-bond donors (Lipinski definition) is 1. The lowest BCUT2D eigenvalue weighted by atomic mass is 9.99. The molecular weight excluding hydrogens is 437 g/mol. The van der Waals surface area contributed by atoms with E-state index in [-0.39, 0.29) is 27.3 Å². The summed E-state index contributed by atoms with van der Waals surface area (Å²) < 4.78 is 40.7. The summed E-state index contributed by atoms with van der Waals surface area (Å²) in [6, 6.07) is 7.34. The van der Waals surface area contributed by atoms with Crippen molar-refractivity contribution in [3.05, 3.63) is 74.2 Å². The highest BCUT2D eigenvalue weighted by atomic mass is 79.9. The number of aromatic carboxylic acids is 1. The van der Waals surface area contributed by atoms with Gasteiger partial charge >= 0.3 is 12.1 Å². The van der Waals surface area contributed by atoms with Crippen LogP contribution >= 0.6 is 27.5 Å². The molecule has 3 nitrogen and oxygen atoms in total. The molecule has 0 radical (unpaired) electrons. The molecule has 0 heterocycles. The summed E-state index contributed by atoms with van der Waals surface area (Å²) >= 11 is 8.87. The second-order valence-corrected chi connectivity index (χ2v) is 6.77. The number of allylic oxidation sites excluding steroid dienone is 2. The lowest BCUT2D eigenvalue weighted by Gasteiger charge is -2.13. The molecule has 0 unspecified atom stereocenters. The van der Waals surface area contributed by atoms with E-state index in [4.69, 9.17) is 16.7 Å². The first-order valence-corrected chi connectivity index (χ1v) is 8.30. The summed E-state index contributed by atoms with van der Waals surface area (Å²) in [7, 11) is 0. The Balaban J connectivity index is 2.52. The van der Waals surface area contributed by atoms with E-state index in [1.165, 1.54) is 37.3 Å². The van der Waals surface area contributed by atoms with E-state index in [0.29, 0.717) is 10.5 Å². The van der Waals surface area contributed by atoms with Crippen LogP contribution in [0.4, 0.5) is 13.2 Å². The molecule has 8 heteroatoms. The first-order chi connectivity index (χ1) is 12.0. The van der Waals surface area contributed by atoms with Crippen LogP contribution in [0.15, 0.2) is 46.9 Å². The van der Waals surface area contributed by atoms with E-state index in [1.54, 1.807) is 0 Å². The average molecular weight is 448 g/mol. The first kappa shape index (κ1) is 20.2. The minimum absolute atomic E-state index is 0.0275. The van der Waals surface area contributed by atoms with Crippen molar-refractivity contribution >= 4 is 44.9 Å². The number of carboxylic acid groups (broad SMARTS) is 1. The highest BCUT2D eigenvalue weighted by Gasteiger charge is 2.35. The number of carboxylic acids is 1. The van der Waals surface area contributed by atoms with E-state index in [9.17, 15) is 22.8 Å². The molecule has 0 saturated heterocycles. The highest BCUT2D eigenvalue weighted by molar-refractivity contribution is 9.10. The Bertz CT molecular complexity index is 900. The molecular formula is C18H11BrClF3O3. The standard InChI is InChI=1S/C18H11BrClF3O3/c1-9-4-10(2-3-14(9)17(25)26)16(24)8-15(18(21,22)23)11-5-12(19)7-13(20)6-11/h2-8H,1H3,(H,25,26)/b15-8-. The molecule has 1 N–H and O–H groups in total. The Morgan fingerprint density at radius 1 is 1.12 bits per heavy atom. The Hall–Kier alpha value is -2.12. The summed E-state index contributed by atoms with van der Waals surface area (Å²) in [5, 5.41) is 9.07. The van der Waals surface area contributed by atoms with E-state index in [2.05, 4.69) is 15.9 Å². The largest absolute Gasteiger partial charge is 0.478 e. The second-order valence-electron chi connectivity index (χ2n) is 5.41. The molecule has 0 bridgehead atoms. The topological polar surface area (TPSA) is 54.4 Å². The normalized spacial score (nSPS) is 12.2. The third-order valence-corrected chi connectivity index (χ3v) is 4.17. The molecule has 136 valence electrons. The zero-order valence-corrected chi connectivity index (χ0v) is 15.5. The summed E-state index contributed by atoms with van der Waals surface area (Å²) in [5.41, 5.74) is -1.21. The summed E-state index contributed by atoms with van der Waals surface area (Å²) in [4.78, 5) is 23.3. The second kappa shape index (κ2) is 7.63. The van der Waals surface area contributed by atoms with E-state index >= 15 is 0 Å². The van der Waals surface area contributed by atoms with Gasteiger partial charge in [-0.3, -0.25) is 4.79 Å². The quantitative estimate of drug-likeness (QED) is 0.466. The van der Waals surface area contributed by atoms with Crippen LogP contribution in [0.5, 0.6) is 0 Å². The zero-order valence-electron chi connectivity index (χ0n) is 13.2. The van der Waals surface area contributed by atoms with Crippen molar-refractivity contribution in [1.82, 2.24) is 0 Å². The van der Waals surface area contributed by atoms with Crippen LogP contribution in [0.2, 0.25) is 5.02 Å². The zero-order chi connectivity index (χ0) is 19.6. The maximum Gasteiger partial charge on any atom is 0.417 e. The Morgan fingerprint density at radius 3 is 2.27 bits per heavy atom. The van der Waals surface area contributed by atoms with Crippen LogP contribution in [0.25, 0.3) is 5.57 Å². The van der Waals surface area contributed by atoms with Gasteiger partial charge in [0.15, 0.2) is 5.78 Å². The Morgan fingerprint density at radius 2 is 1.77 bits per heavy atom. The number of ketones is 1. The third-order valence-electron chi connectivity index (χ3n) is 3.50. The van der Waals surface area contributed by atoms with Crippen molar-refractivity contribution in [1.29, 1.82) is 0 Å². The molecule has 26 heavy (non-hydrogen) atoms. The van der Waals surface area contributed by atoms with Crippen molar-refractivity contribution in [2.24, 2.45) is 0 Å². The van der Waals surface area contributed by atoms with E-state index in [1.807, 2.05) is 0 Å². The highest BCUT2D eigenvalue weighted by Crippen LogP contribution is 2.36. The Labute approximate surface area is 160 Å². The van der Waals surface area contributed by atoms with Gasteiger partial charge in [-0.05, 0) is 54.5 Å². The summed E-state index contributed by atoms with van der Waals surface area (Å²) in [5.74, 6) is -2.08. The summed E-state index contributed by atoms with van der Waals surface area (Å²) in [6.45, 7) is 1.46. The molecule has 0 aliphatic rings. The maximum atomic E-state index is 13.4. The van der Waals surface area contributed by atoms with Crippen molar-refractivity contribution in [3.8, 4) is 0 Å². The monoisotopic (exact) mass is 446 g/mol. The molecule has 0 aliphatic heterocycles. The van der Waals surface area contributed by atoms with Gasteiger partial charge in [0.25, 0.3) is 0 Å². The van der Waals surface area contributed by atoms with Gasteiger partial charge in [-0.2, -0.15) is 13.2 Å². The fourth-order valence-corrected chi connectivity index (χ4v) is 3.17. The van der Waals surface area contributed by atoms with Crippen molar-refractivity contribution in [3.63, 3.8) is 0 Å². The van der Waals surface area contributed by atoms with Crippen molar-refractivity contribution in [2.45, 2.75) is 13.1 Å². The van der Waals surface area contributed by atoms with Crippen LogP contribution in [0, 0.1) is 6.92 Å². The van der Waals surface area contributed by atoms with Gasteiger partial charge in [0.05, 0.1) is 11.1 Å². The predicted octanol–water partition coefficient (Wildman–Crippen LogP) is 5.94. The molecule has 2 aromatic rings. The maximum absolute atomic E-state index is 13.4. The van der Waals surface area contributed by atoms with Gasteiger partial charge in [-0.25, -0.2) is 4.79 Å².